The van der Waals surface area contributed by atoms with Crippen LogP contribution in [-0.2, 0) is 4.79 Å². The number of hydrogen-bond acceptors (Lipinski definition) is 3. The summed E-state index contributed by atoms with van der Waals surface area (Å²) in [6.45, 7) is 8.91. The first-order valence-electron chi connectivity index (χ1n) is 8.71. The Kier molecular flexibility index (Phi) is 6.87. The van der Waals surface area contributed by atoms with Crippen molar-refractivity contribution in [2.75, 3.05) is 13.2 Å². The van der Waals surface area contributed by atoms with E-state index in [-0.39, 0.29) is 5.91 Å². The normalized spacial score (nSPS) is 11.7. The van der Waals surface area contributed by atoms with Crippen LogP contribution in [0.4, 0.5) is 0 Å². The van der Waals surface area contributed by atoms with E-state index in [1.165, 1.54) is 5.56 Å². The van der Waals surface area contributed by atoms with E-state index in [0.29, 0.717) is 25.3 Å². The standard InChI is InChI=1S/C21H27NO3/c1-5-19(25-18-11-9-15(2)10-12-18)21(23)22-13-14-24-20-8-6-7-16(3)17(20)4/h6-12,19H,5,13-14H2,1-4H3,(H,22,23)/t19-/m1/s1. The quantitative estimate of drug-likeness (QED) is 0.739. The van der Waals surface area contributed by atoms with Crippen molar-refractivity contribution < 1.29 is 14.3 Å². The third kappa shape index (κ3) is 5.52. The molecule has 1 atom stereocenters. The Morgan fingerprint density at radius 2 is 1.80 bits per heavy atom. The van der Waals surface area contributed by atoms with Crippen LogP contribution < -0.4 is 14.8 Å². The number of hydrogen-bond donors (Lipinski definition) is 1. The lowest BCUT2D eigenvalue weighted by molar-refractivity contribution is -0.128. The third-order valence-electron chi connectivity index (χ3n) is 4.18. The van der Waals surface area contributed by atoms with Gasteiger partial charge in [-0.3, -0.25) is 4.79 Å². The topological polar surface area (TPSA) is 47.6 Å². The zero-order valence-corrected chi connectivity index (χ0v) is 15.5. The van der Waals surface area contributed by atoms with Crippen LogP contribution in [0.25, 0.3) is 0 Å². The van der Waals surface area contributed by atoms with Gasteiger partial charge in [-0.1, -0.05) is 36.8 Å². The van der Waals surface area contributed by atoms with Gasteiger partial charge in [-0.2, -0.15) is 0 Å². The maximum atomic E-state index is 12.3. The van der Waals surface area contributed by atoms with Crippen molar-refractivity contribution in [3.05, 3.63) is 59.2 Å². The van der Waals surface area contributed by atoms with Crippen molar-refractivity contribution >= 4 is 5.91 Å². The van der Waals surface area contributed by atoms with Crippen molar-refractivity contribution in [1.82, 2.24) is 5.32 Å². The Labute approximate surface area is 150 Å². The van der Waals surface area contributed by atoms with Gasteiger partial charge in [0, 0.05) is 0 Å². The molecule has 0 aliphatic heterocycles. The molecule has 1 N–H and O–H groups in total. The fourth-order valence-corrected chi connectivity index (χ4v) is 2.43. The molecule has 0 aliphatic rings. The Bertz CT molecular complexity index is 695. The van der Waals surface area contributed by atoms with Gasteiger partial charge < -0.3 is 14.8 Å². The minimum atomic E-state index is -0.497. The van der Waals surface area contributed by atoms with E-state index in [4.69, 9.17) is 9.47 Å². The van der Waals surface area contributed by atoms with E-state index >= 15 is 0 Å². The van der Waals surface area contributed by atoms with E-state index < -0.39 is 6.10 Å². The van der Waals surface area contributed by atoms with Gasteiger partial charge in [-0.15, -0.1) is 0 Å². The van der Waals surface area contributed by atoms with Crippen LogP contribution in [-0.4, -0.2) is 25.2 Å². The molecule has 4 nitrogen and oxygen atoms in total. The summed E-state index contributed by atoms with van der Waals surface area (Å²) in [5.74, 6) is 1.45. The highest BCUT2D eigenvalue weighted by Gasteiger charge is 2.17. The van der Waals surface area contributed by atoms with Crippen LogP contribution >= 0.6 is 0 Å². The number of nitrogens with one attached hydrogen (secondary N) is 1. The second-order valence-electron chi connectivity index (χ2n) is 6.17. The van der Waals surface area contributed by atoms with Gasteiger partial charge in [0.05, 0.1) is 6.54 Å². The zero-order chi connectivity index (χ0) is 18.2. The third-order valence-corrected chi connectivity index (χ3v) is 4.18. The van der Waals surface area contributed by atoms with Crippen LogP contribution in [0.3, 0.4) is 0 Å². The minimum absolute atomic E-state index is 0.118. The van der Waals surface area contributed by atoms with E-state index in [2.05, 4.69) is 18.3 Å². The van der Waals surface area contributed by atoms with Crippen molar-refractivity contribution in [2.24, 2.45) is 0 Å². The Morgan fingerprint density at radius 3 is 2.48 bits per heavy atom. The molecule has 0 bridgehead atoms. The molecule has 1 amide bonds. The van der Waals surface area contributed by atoms with E-state index in [0.717, 1.165) is 16.9 Å². The predicted octanol–water partition coefficient (Wildman–Crippen LogP) is 3.96. The Morgan fingerprint density at radius 1 is 1.08 bits per heavy atom. The zero-order valence-electron chi connectivity index (χ0n) is 15.5. The lowest BCUT2D eigenvalue weighted by Gasteiger charge is -2.18. The number of benzene rings is 2. The Balaban J connectivity index is 1.79. The smallest absolute Gasteiger partial charge is 0.261 e. The lowest BCUT2D eigenvalue weighted by Crippen LogP contribution is -2.39. The first kappa shape index (κ1) is 18.8. The molecule has 0 aliphatic carbocycles. The summed E-state index contributed by atoms with van der Waals surface area (Å²) in [7, 11) is 0. The average Bonchev–Trinajstić information content (AvgIpc) is 2.61. The molecule has 134 valence electrons. The molecule has 0 fully saturated rings. The lowest BCUT2D eigenvalue weighted by atomic mass is 10.1. The predicted molar refractivity (Wildman–Crippen MR) is 100 cm³/mol. The second-order valence-corrected chi connectivity index (χ2v) is 6.17. The largest absolute Gasteiger partial charge is 0.491 e. The molecule has 0 aromatic heterocycles. The van der Waals surface area contributed by atoms with Crippen LogP contribution in [0, 0.1) is 20.8 Å². The average molecular weight is 341 g/mol. The van der Waals surface area contributed by atoms with Gasteiger partial charge in [0.25, 0.3) is 5.91 Å². The van der Waals surface area contributed by atoms with Crippen LogP contribution in [0.1, 0.15) is 30.0 Å². The van der Waals surface area contributed by atoms with Crippen LogP contribution in [0.15, 0.2) is 42.5 Å². The fourth-order valence-electron chi connectivity index (χ4n) is 2.43. The first-order valence-corrected chi connectivity index (χ1v) is 8.71. The SMILES string of the molecule is CC[C@@H](Oc1ccc(C)cc1)C(=O)NCCOc1cccc(C)c1C. The molecule has 0 saturated carbocycles. The van der Waals surface area contributed by atoms with Gasteiger partial charge >= 0.3 is 0 Å². The van der Waals surface area contributed by atoms with E-state index in [1.807, 2.05) is 57.2 Å². The van der Waals surface area contributed by atoms with Gasteiger partial charge in [-0.25, -0.2) is 0 Å². The minimum Gasteiger partial charge on any atom is -0.491 e. The van der Waals surface area contributed by atoms with Gasteiger partial charge in [-0.05, 0) is 56.5 Å². The van der Waals surface area contributed by atoms with Crippen LogP contribution in [0.2, 0.25) is 0 Å². The molecule has 0 radical (unpaired) electrons. The number of ether oxygens (including phenoxy) is 2. The van der Waals surface area contributed by atoms with Crippen molar-refractivity contribution in [3.8, 4) is 11.5 Å². The summed E-state index contributed by atoms with van der Waals surface area (Å²) in [4.78, 5) is 12.3. The number of rotatable bonds is 8. The summed E-state index contributed by atoms with van der Waals surface area (Å²) >= 11 is 0. The van der Waals surface area contributed by atoms with Gasteiger partial charge in [0.15, 0.2) is 6.10 Å². The van der Waals surface area contributed by atoms with Crippen molar-refractivity contribution in [1.29, 1.82) is 0 Å². The molecule has 2 rings (SSSR count). The molecule has 4 heteroatoms. The highest BCUT2D eigenvalue weighted by molar-refractivity contribution is 5.81. The Hall–Kier alpha value is -2.49. The molecule has 0 spiro atoms. The maximum Gasteiger partial charge on any atom is 0.261 e. The highest BCUT2D eigenvalue weighted by Crippen LogP contribution is 2.20. The van der Waals surface area contributed by atoms with Gasteiger partial charge in [0.2, 0.25) is 0 Å². The van der Waals surface area contributed by atoms with Gasteiger partial charge in [0.1, 0.15) is 18.1 Å². The maximum absolute atomic E-state index is 12.3. The first-order chi connectivity index (χ1) is 12.0. The van der Waals surface area contributed by atoms with Crippen molar-refractivity contribution in [3.63, 3.8) is 0 Å². The number of amides is 1. The summed E-state index contributed by atoms with van der Waals surface area (Å²) in [6, 6.07) is 13.7. The molecule has 2 aromatic rings. The molecular formula is C21H27NO3. The van der Waals surface area contributed by atoms with E-state index in [9.17, 15) is 4.79 Å². The van der Waals surface area contributed by atoms with Crippen LogP contribution in [0.5, 0.6) is 11.5 Å². The number of aryl methyl sites for hydroxylation is 2. The summed E-state index contributed by atoms with van der Waals surface area (Å²) in [6.07, 6.45) is 0.112. The summed E-state index contributed by atoms with van der Waals surface area (Å²) in [5.41, 5.74) is 3.48. The fraction of sp³-hybridized carbons (Fsp3) is 0.381. The highest BCUT2D eigenvalue weighted by atomic mass is 16.5. The molecule has 2 aromatic carbocycles. The monoisotopic (exact) mass is 341 g/mol. The van der Waals surface area contributed by atoms with Crippen molar-refractivity contribution in [2.45, 2.75) is 40.2 Å². The molecule has 0 unspecified atom stereocenters. The molecule has 25 heavy (non-hydrogen) atoms. The molecular weight excluding hydrogens is 314 g/mol. The summed E-state index contributed by atoms with van der Waals surface area (Å²) < 4.78 is 11.5. The molecule has 0 saturated heterocycles. The number of carbonyl (C=O) groups excluding carboxylic acids is 1. The second kappa shape index (κ2) is 9.11. The molecule has 0 heterocycles. The number of carbonyl (C=O) groups is 1. The summed E-state index contributed by atoms with van der Waals surface area (Å²) in [5, 5.41) is 2.88. The van der Waals surface area contributed by atoms with E-state index in [1.54, 1.807) is 0 Å².